The highest BCUT2D eigenvalue weighted by Crippen LogP contribution is 2.17. The third kappa shape index (κ3) is 5.13. The van der Waals surface area contributed by atoms with Crippen LogP contribution >= 0.6 is 0 Å². The van der Waals surface area contributed by atoms with E-state index < -0.39 is 12.0 Å². The van der Waals surface area contributed by atoms with Gasteiger partial charge in [-0.25, -0.2) is 4.98 Å². The number of carbonyl (C=O) groups is 1. The molecule has 4 aromatic rings. The van der Waals surface area contributed by atoms with E-state index in [0.29, 0.717) is 42.0 Å². The predicted octanol–water partition coefficient (Wildman–Crippen LogP) is 2.95. The Morgan fingerprint density at radius 1 is 0.938 bits per heavy atom. The van der Waals surface area contributed by atoms with E-state index in [1.54, 1.807) is 18.2 Å². The number of benzene rings is 3. The summed E-state index contributed by atoms with van der Waals surface area (Å²) in [7, 11) is 0. The first kappa shape index (κ1) is 21.1. The van der Waals surface area contributed by atoms with Crippen LogP contribution in [-0.4, -0.2) is 28.2 Å². The van der Waals surface area contributed by atoms with Crippen molar-refractivity contribution < 1.29 is 14.3 Å². The number of nitrogens with two attached hydrogens (primary N) is 1. The van der Waals surface area contributed by atoms with Gasteiger partial charge >= 0.3 is 0 Å². The zero-order valence-corrected chi connectivity index (χ0v) is 17.4. The Morgan fingerprint density at radius 2 is 1.66 bits per heavy atom. The van der Waals surface area contributed by atoms with Crippen molar-refractivity contribution in [1.29, 1.82) is 0 Å². The van der Waals surface area contributed by atoms with Gasteiger partial charge in [0.15, 0.2) is 6.10 Å². The van der Waals surface area contributed by atoms with Crippen molar-refractivity contribution in [1.82, 2.24) is 9.55 Å². The SMILES string of the molecule is NC(=O)C(Cc1ccc(OCCn2cnc3ccccc3c2=O)cc1)Oc1ccccc1. The summed E-state index contributed by atoms with van der Waals surface area (Å²) in [5.41, 5.74) is 6.99. The first-order chi connectivity index (χ1) is 15.6. The highest BCUT2D eigenvalue weighted by Gasteiger charge is 2.18. The van der Waals surface area contributed by atoms with Gasteiger partial charge in [0.25, 0.3) is 11.5 Å². The van der Waals surface area contributed by atoms with E-state index in [4.69, 9.17) is 15.2 Å². The summed E-state index contributed by atoms with van der Waals surface area (Å²) in [6.07, 6.45) is 1.12. The molecular weight excluding hydrogens is 406 g/mol. The molecular formula is C25H23N3O4. The van der Waals surface area contributed by atoms with Crippen LogP contribution in [0.1, 0.15) is 5.56 Å². The highest BCUT2D eigenvalue weighted by molar-refractivity contribution is 5.79. The van der Waals surface area contributed by atoms with E-state index in [0.717, 1.165) is 5.56 Å². The van der Waals surface area contributed by atoms with Gasteiger partial charge in [-0.15, -0.1) is 0 Å². The molecule has 0 aliphatic carbocycles. The second-order valence-corrected chi connectivity index (χ2v) is 7.28. The highest BCUT2D eigenvalue weighted by atomic mass is 16.5. The number of ether oxygens (including phenoxy) is 2. The number of hydrogen-bond donors (Lipinski definition) is 1. The number of aromatic nitrogens is 2. The van der Waals surface area contributed by atoms with Crippen LogP contribution in [0.15, 0.2) is 90.0 Å². The Balaban J connectivity index is 1.34. The molecule has 1 unspecified atom stereocenters. The number of rotatable bonds is 9. The molecule has 1 amide bonds. The summed E-state index contributed by atoms with van der Waals surface area (Å²) >= 11 is 0. The summed E-state index contributed by atoms with van der Waals surface area (Å²) < 4.78 is 13.0. The Kier molecular flexibility index (Phi) is 6.46. The maximum atomic E-state index is 12.5. The van der Waals surface area contributed by atoms with Gasteiger partial charge in [0, 0.05) is 6.42 Å². The Morgan fingerprint density at radius 3 is 2.41 bits per heavy atom. The Bertz CT molecular complexity index is 1250. The Labute approximate surface area is 185 Å². The van der Waals surface area contributed by atoms with Crippen LogP contribution in [-0.2, 0) is 17.8 Å². The minimum atomic E-state index is -0.767. The molecule has 4 rings (SSSR count). The van der Waals surface area contributed by atoms with Gasteiger partial charge in [-0.05, 0) is 42.0 Å². The Hall–Kier alpha value is -4.13. The second kappa shape index (κ2) is 9.78. The molecule has 7 heteroatoms. The van der Waals surface area contributed by atoms with Crippen LogP contribution in [0.4, 0.5) is 0 Å². The largest absolute Gasteiger partial charge is 0.492 e. The van der Waals surface area contributed by atoms with E-state index in [1.807, 2.05) is 60.7 Å². The van der Waals surface area contributed by atoms with Gasteiger partial charge in [-0.1, -0.05) is 42.5 Å². The van der Waals surface area contributed by atoms with Crippen LogP contribution in [0.5, 0.6) is 11.5 Å². The lowest BCUT2D eigenvalue weighted by Gasteiger charge is -2.16. The number of primary amides is 1. The average Bonchev–Trinajstić information content (AvgIpc) is 2.82. The van der Waals surface area contributed by atoms with Gasteiger partial charge in [-0.3, -0.25) is 14.2 Å². The molecule has 2 N–H and O–H groups in total. The van der Waals surface area contributed by atoms with Crippen molar-refractivity contribution in [3.05, 3.63) is 101 Å². The standard InChI is InChI=1S/C25H23N3O4/c26-24(29)23(32-20-6-2-1-3-7-20)16-18-10-12-19(13-11-18)31-15-14-28-17-27-22-9-5-4-8-21(22)25(28)30/h1-13,17,23H,14-16H2,(H2,26,29). The molecule has 7 nitrogen and oxygen atoms in total. The fourth-order valence-corrected chi connectivity index (χ4v) is 3.33. The van der Waals surface area contributed by atoms with E-state index in [-0.39, 0.29) is 5.56 Å². The van der Waals surface area contributed by atoms with Gasteiger partial charge in [0.2, 0.25) is 0 Å². The quantitative estimate of drug-likeness (QED) is 0.441. The normalized spacial score (nSPS) is 11.8. The number of amides is 1. The molecule has 0 saturated carbocycles. The number of carbonyl (C=O) groups excluding carboxylic acids is 1. The summed E-state index contributed by atoms with van der Waals surface area (Å²) in [4.78, 5) is 28.6. The average molecular weight is 429 g/mol. The van der Waals surface area contributed by atoms with Crippen LogP contribution < -0.4 is 20.8 Å². The fourth-order valence-electron chi connectivity index (χ4n) is 3.33. The molecule has 0 radical (unpaired) electrons. The summed E-state index contributed by atoms with van der Waals surface area (Å²) in [6, 6.07) is 23.7. The van der Waals surface area contributed by atoms with Gasteiger partial charge in [0.1, 0.15) is 18.1 Å². The van der Waals surface area contributed by atoms with E-state index in [1.165, 1.54) is 10.9 Å². The van der Waals surface area contributed by atoms with Gasteiger partial charge in [-0.2, -0.15) is 0 Å². The van der Waals surface area contributed by atoms with Crippen LogP contribution in [0, 0.1) is 0 Å². The van der Waals surface area contributed by atoms with Crippen LogP contribution in [0.25, 0.3) is 10.9 Å². The van der Waals surface area contributed by atoms with Crippen molar-refractivity contribution in [2.45, 2.75) is 19.1 Å². The van der Waals surface area contributed by atoms with Crippen molar-refractivity contribution in [3.63, 3.8) is 0 Å². The molecule has 0 bridgehead atoms. The van der Waals surface area contributed by atoms with E-state index in [9.17, 15) is 9.59 Å². The molecule has 0 aliphatic rings. The summed E-state index contributed by atoms with van der Waals surface area (Å²) in [5, 5.41) is 0.584. The first-order valence-corrected chi connectivity index (χ1v) is 10.3. The monoisotopic (exact) mass is 429 g/mol. The zero-order valence-electron chi connectivity index (χ0n) is 17.4. The maximum absolute atomic E-state index is 12.5. The van der Waals surface area contributed by atoms with Gasteiger partial charge < -0.3 is 15.2 Å². The van der Waals surface area contributed by atoms with Crippen molar-refractivity contribution in [2.75, 3.05) is 6.61 Å². The molecule has 162 valence electrons. The second-order valence-electron chi connectivity index (χ2n) is 7.28. The molecule has 0 fully saturated rings. The number of hydrogen-bond acceptors (Lipinski definition) is 5. The lowest BCUT2D eigenvalue weighted by atomic mass is 10.1. The van der Waals surface area contributed by atoms with Crippen LogP contribution in [0.2, 0.25) is 0 Å². The minimum Gasteiger partial charge on any atom is -0.492 e. The molecule has 3 aromatic carbocycles. The summed E-state index contributed by atoms with van der Waals surface area (Å²) in [6.45, 7) is 0.702. The minimum absolute atomic E-state index is 0.0922. The smallest absolute Gasteiger partial charge is 0.261 e. The number of fused-ring (bicyclic) bond motifs is 1. The fraction of sp³-hybridized carbons (Fsp3) is 0.160. The maximum Gasteiger partial charge on any atom is 0.261 e. The molecule has 1 atom stereocenters. The van der Waals surface area contributed by atoms with Crippen molar-refractivity contribution >= 4 is 16.8 Å². The molecule has 1 heterocycles. The molecule has 0 saturated heterocycles. The lowest BCUT2D eigenvalue weighted by molar-refractivity contribution is -0.124. The number of para-hydroxylation sites is 2. The third-order valence-electron chi connectivity index (χ3n) is 5.02. The molecule has 1 aromatic heterocycles. The summed E-state index contributed by atoms with van der Waals surface area (Å²) in [5.74, 6) is 0.730. The van der Waals surface area contributed by atoms with Gasteiger partial charge in [0.05, 0.1) is 23.8 Å². The first-order valence-electron chi connectivity index (χ1n) is 10.3. The molecule has 32 heavy (non-hydrogen) atoms. The van der Waals surface area contributed by atoms with E-state index in [2.05, 4.69) is 4.98 Å². The topological polar surface area (TPSA) is 96.4 Å². The van der Waals surface area contributed by atoms with Crippen molar-refractivity contribution in [2.24, 2.45) is 5.73 Å². The molecule has 0 spiro atoms. The lowest BCUT2D eigenvalue weighted by Crippen LogP contribution is -2.35. The van der Waals surface area contributed by atoms with Crippen LogP contribution in [0.3, 0.4) is 0 Å². The number of nitrogens with zero attached hydrogens (tertiary/aromatic N) is 2. The van der Waals surface area contributed by atoms with E-state index >= 15 is 0 Å². The predicted molar refractivity (Wildman–Crippen MR) is 122 cm³/mol. The third-order valence-corrected chi connectivity index (χ3v) is 5.02. The zero-order chi connectivity index (χ0) is 22.3. The molecule has 0 aliphatic heterocycles. The van der Waals surface area contributed by atoms with Crippen molar-refractivity contribution in [3.8, 4) is 11.5 Å².